The lowest BCUT2D eigenvalue weighted by Gasteiger charge is -2.34. The van der Waals surface area contributed by atoms with Crippen LogP contribution in [0, 0.1) is 0 Å². The van der Waals surface area contributed by atoms with Gasteiger partial charge >= 0.3 is 0 Å². The van der Waals surface area contributed by atoms with E-state index in [2.05, 4.69) is 26.0 Å². The van der Waals surface area contributed by atoms with Crippen LogP contribution in [0.5, 0.6) is 5.75 Å². The van der Waals surface area contributed by atoms with Gasteiger partial charge in [0.15, 0.2) is 11.5 Å². The Kier molecular flexibility index (Phi) is 9.33. The van der Waals surface area contributed by atoms with E-state index in [9.17, 15) is 9.59 Å². The molecule has 12 nitrogen and oxygen atoms in total. The molecule has 2 rings (SSSR count). The number of amidine groups is 1. The first kappa shape index (κ1) is 24.2. The summed E-state index contributed by atoms with van der Waals surface area (Å²) in [6.45, 7) is 1.99. The van der Waals surface area contributed by atoms with Crippen LogP contribution in [0.15, 0.2) is 40.8 Å². The van der Waals surface area contributed by atoms with Crippen molar-refractivity contribution in [3.63, 3.8) is 0 Å². The Balaban J connectivity index is 1.89. The predicted molar refractivity (Wildman–Crippen MR) is 119 cm³/mol. The topological polar surface area (TPSA) is 185 Å². The average Bonchev–Trinajstić information content (AvgIpc) is 2.78. The smallest absolute Gasteiger partial charge is 0.272 e. The van der Waals surface area contributed by atoms with Crippen molar-refractivity contribution >= 4 is 47.4 Å². The lowest BCUT2D eigenvalue weighted by Crippen LogP contribution is -2.68. The molecule has 0 unspecified atom stereocenters. The molecule has 31 heavy (non-hydrogen) atoms. The second-order valence-electron chi connectivity index (χ2n) is 6.18. The molecule has 0 saturated carbocycles. The Labute approximate surface area is 188 Å². The number of nitrogens with one attached hydrogen (secondary N) is 4. The molecule has 0 aromatic heterocycles. The van der Waals surface area contributed by atoms with Gasteiger partial charge in [-0.2, -0.15) is 0 Å². The van der Waals surface area contributed by atoms with E-state index in [4.69, 9.17) is 37.9 Å². The Morgan fingerprint density at radius 2 is 2.10 bits per heavy atom. The number of thiocarbonyl (C=S) groups is 1. The molecule has 0 radical (unpaired) electrons. The van der Waals surface area contributed by atoms with Gasteiger partial charge in [0.05, 0.1) is 11.7 Å². The molecule has 1 aromatic rings. The Morgan fingerprint density at radius 3 is 2.65 bits per heavy atom. The number of hydrogen-bond donors (Lipinski definition) is 7. The number of β-lactam (4-membered cyclic amide) rings is 1. The monoisotopic (exact) mass is 469 g/mol. The molecule has 1 saturated heterocycles. The van der Waals surface area contributed by atoms with Crippen LogP contribution < -0.4 is 36.4 Å². The number of oxime groups is 1. The maximum Gasteiger partial charge on any atom is 0.272 e. The number of amides is 2. The summed E-state index contributed by atoms with van der Waals surface area (Å²) in [5, 5.41) is 23.4. The van der Waals surface area contributed by atoms with E-state index in [0.29, 0.717) is 11.3 Å². The van der Waals surface area contributed by atoms with Gasteiger partial charge in [-0.1, -0.05) is 17.4 Å². The zero-order chi connectivity index (χ0) is 22.8. The third-order valence-corrected chi connectivity index (χ3v) is 4.68. The first-order chi connectivity index (χ1) is 14.9. The normalized spacial score (nSPS) is 18.8. The van der Waals surface area contributed by atoms with Crippen LogP contribution in [0.3, 0.4) is 0 Å². The van der Waals surface area contributed by atoms with E-state index in [-0.39, 0.29) is 42.4 Å². The number of allylic oxidation sites excluding steroid dienone is 1. The fraction of sp³-hybridized carbons (Fsp3) is 0.294. The zero-order valence-corrected chi connectivity index (χ0v) is 18.1. The van der Waals surface area contributed by atoms with Gasteiger partial charge in [-0.05, 0) is 31.2 Å². The quantitative estimate of drug-likeness (QED) is 0.0229. The lowest BCUT2D eigenvalue weighted by molar-refractivity contribution is -0.135. The zero-order valence-electron chi connectivity index (χ0n) is 16.5. The summed E-state index contributed by atoms with van der Waals surface area (Å²) in [5.74, 6) is -0.344. The third kappa shape index (κ3) is 6.71. The van der Waals surface area contributed by atoms with Crippen molar-refractivity contribution in [3.8, 4) is 5.75 Å². The molecule has 1 heterocycles. The van der Waals surface area contributed by atoms with E-state index in [1.54, 1.807) is 31.2 Å². The molecule has 2 amide bonds. The van der Waals surface area contributed by atoms with Crippen molar-refractivity contribution in [2.45, 2.75) is 19.0 Å². The van der Waals surface area contributed by atoms with Gasteiger partial charge in [0.2, 0.25) is 5.91 Å². The summed E-state index contributed by atoms with van der Waals surface area (Å²) in [5.41, 5.74) is 8.73. The van der Waals surface area contributed by atoms with Gasteiger partial charge in [0.1, 0.15) is 25.0 Å². The van der Waals surface area contributed by atoms with E-state index >= 15 is 0 Å². The number of hydroxylamine groups is 1. The van der Waals surface area contributed by atoms with Crippen molar-refractivity contribution in [2.24, 2.45) is 16.0 Å². The number of hydrogen-bond acceptors (Lipinski definition) is 11. The minimum Gasteiger partial charge on any atom is -0.491 e. The Bertz CT molecular complexity index is 863. The van der Waals surface area contributed by atoms with Crippen molar-refractivity contribution in [2.75, 3.05) is 13.2 Å². The SMILES string of the molecule is C[C@@H]1NC(=O)[C@H]1NC(=O)/C(NOCCOc1ccc(/C(N)=N/O)cc1)=C(\C=S)NSN. The number of carbonyl (C=O) groups is 2. The Hall–Kier alpha value is -3.07. The van der Waals surface area contributed by atoms with E-state index in [0.717, 1.165) is 12.1 Å². The molecule has 1 aliphatic heterocycles. The number of benzene rings is 1. The number of nitrogens with zero attached hydrogens (tertiary/aromatic N) is 1. The fourth-order valence-electron chi connectivity index (χ4n) is 2.46. The minimum absolute atomic E-state index is 0.0101. The van der Waals surface area contributed by atoms with Crippen molar-refractivity contribution in [1.82, 2.24) is 20.8 Å². The molecule has 9 N–H and O–H groups in total. The van der Waals surface area contributed by atoms with Crippen LogP contribution in [-0.2, 0) is 14.4 Å². The highest BCUT2D eigenvalue weighted by molar-refractivity contribution is 7.95. The number of carbonyl (C=O) groups excluding carboxylic acids is 2. The second kappa shape index (κ2) is 11.9. The van der Waals surface area contributed by atoms with Crippen LogP contribution >= 0.6 is 24.4 Å². The maximum absolute atomic E-state index is 12.6. The standard InChI is InChI=1S/C17H23N7O5S2/c1-9-13(16(25)20-9)21-17(26)14(12(8-30)24-31-19)23-29-7-6-28-11-4-2-10(3-5-11)15(18)22-27/h2-5,8-9,13,23-24,27H,6-7,19H2,1H3,(H2,18,22)(H,20,25)(H,21,26)/b14-12-/t9-,13-/m0/s1. The fourth-order valence-corrected chi connectivity index (χ4v) is 3.00. The number of ether oxygens (including phenoxy) is 1. The molecule has 168 valence electrons. The van der Waals surface area contributed by atoms with E-state index < -0.39 is 11.9 Å². The van der Waals surface area contributed by atoms with Gasteiger partial charge in [-0.15, -0.1) is 0 Å². The van der Waals surface area contributed by atoms with Gasteiger partial charge < -0.3 is 31.0 Å². The highest BCUT2D eigenvalue weighted by Gasteiger charge is 2.37. The van der Waals surface area contributed by atoms with Gasteiger partial charge in [-0.25, -0.2) is 0 Å². The first-order valence-electron chi connectivity index (χ1n) is 8.92. The second-order valence-corrected chi connectivity index (χ2v) is 6.86. The molecule has 0 aliphatic carbocycles. The summed E-state index contributed by atoms with van der Waals surface area (Å²) in [7, 11) is 0. The van der Waals surface area contributed by atoms with E-state index in [1.165, 1.54) is 5.37 Å². The van der Waals surface area contributed by atoms with Crippen LogP contribution in [0.2, 0.25) is 0 Å². The molecule has 0 bridgehead atoms. The highest BCUT2D eigenvalue weighted by Crippen LogP contribution is 2.12. The molecule has 14 heteroatoms. The highest BCUT2D eigenvalue weighted by atomic mass is 32.2. The van der Waals surface area contributed by atoms with Crippen molar-refractivity contribution in [3.05, 3.63) is 41.2 Å². The summed E-state index contributed by atoms with van der Waals surface area (Å²) in [6.07, 6.45) is 0. The molecular weight excluding hydrogens is 446 g/mol. The molecule has 0 spiro atoms. The largest absolute Gasteiger partial charge is 0.491 e. The van der Waals surface area contributed by atoms with Crippen molar-refractivity contribution in [1.29, 1.82) is 0 Å². The molecule has 1 aromatic carbocycles. The molecule has 2 atom stereocenters. The minimum atomic E-state index is -0.655. The van der Waals surface area contributed by atoms with Gasteiger partial charge in [0, 0.05) is 23.1 Å². The lowest BCUT2D eigenvalue weighted by atomic mass is 10.0. The van der Waals surface area contributed by atoms with Crippen LogP contribution in [-0.4, -0.2) is 53.5 Å². The van der Waals surface area contributed by atoms with Crippen LogP contribution in [0.4, 0.5) is 0 Å². The summed E-state index contributed by atoms with van der Waals surface area (Å²) in [4.78, 5) is 29.5. The van der Waals surface area contributed by atoms with Crippen LogP contribution in [0.1, 0.15) is 12.5 Å². The summed E-state index contributed by atoms with van der Waals surface area (Å²) < 4.78 is 8.20. The predicted octanol–water partition coefficient (Wildman–Crippen LogP) is -0.993. The summed E-state index contributed by atoms with van der Waals surface area (Å²) in [6, 6.07) is 5.72. The maximum atomic E-state index is 12.6. The van der Waals surface area contributed by atoms with Crippen molar-refractivity contribution < 1.29 is 24.4 Å². The third-order valence-electron chi connectivity index (χ3n) is 4.11. The molecule has 1 aliphatic rings. The van der Waals surface area contributed by atoms with Gasteiger partial charge in [0.25, 0.3) is 5.91 Å². The number of rotatable bonds is 12. The molecule has 1 fully saturated rings. The van der Waals surface area contributed by atoms with Crippen LogP contribution in [0.25, 0.3) is 0 Å². The summed E-state index contributed by atoms with van der Waals surface area (Å²) >= 11 is 5.66. The Morgan fingerprint density at radius 1 is 1.39 bits per heavy atom. The van der Waals surface area contributed by atoms with Gasteiger partial charge in [-0.3, -0.25) is 25.0 Å². The first-order valence-corrected chi connectivity index (χ1v) is 10.3. The number of nitrogens with two attached hydrogens (primary N) is 2. The average molecular weight is 470 g/mol. The molecular formula is C17H23N7O5S2. The van der Waals surface area contributed by atoms with E-state index in [1.807, 2.05) is 0 Å².